The first kappa shape index (κ1) is 17.6. The van der Waals surface area contributed by atoms with Crippen LogP contribution in [0.25, 0.3) is 0 Å². The van der Waals surface area contributed by atoms with Gasteiger partial charge < -0.3 is 19.7 Å². The zero-order chi connectivity index (χ0) is 18.6. The third-order valence-corrected chi connectivity index (χ3v) is 4.91. The molecule has 2 amide bonds. The minimum Gasteiger partial charge on any atom is -0.454 e. The van der Waals surface area contributed by atoms with Crippen LogP contribution in [0.3, 0.4) is 0 Å². The fourth-order valence-corrected chi connectivity index (χ4v) is 3.29. The molecule has 4 rings (SSSR count). The monoisotopic (exact) mass is 371 g/mol. The van der Waals surface area contributed by atoms with Crippen LogP contribution in [-0.2, 0) is 6.42 Å². The number of urea groups is 1. The highest BCUT2D eigenvalue weighted by Gasteiger charge is 2.22. The quantitative estimate of drug-likeness (QED) is 0.898. The highest BCUT2D eigenvalue weighted by atomic mass is 19.1. The van der Waals surface area contributed by atoms with Crippen LogP contribution >= 0.6 is 0 Å². The first-order valence-electron chi connectivity index (χ1n) is 9.10. The number of piperazine rings is 1. The number of anilines is 1. The summed E-state index contributed by atoms with van der Waals surface area (Å²) in [4.78, 5) is 16.6. The molecule has 1 N–H and O–H groups in total. The number of ether oxygens (including phenoxy) is 2. The summed E-state index contributed by atoms with van der Waals surface area (Å²) in [5, 5.41) is 2.92. The van der Waals surface area contributed by atoms with Gasteiger partial charge in [-0.1, -0.05) is 12.1 Å². The number of fused-ring (bicyclic) bond motifs is 1. The highest BCUT2D eigenvalue weighted by Crippen LogP contribution is 2.34. The lowest BCUT2D eigenvalue weighted by Gasteiger charge is -2.34. The summed E-state index contributed by atoms with van der Waals surface area (Å²) in [5.41, 5.74) is 1.82. The maximum Gasteiger partial charge on any atom is 0.321 e. The standard InChI is InChI=1S/C20H22FN3O3/c21-16-3-1-15(2-4-16)7-8-23-9-11-24(12-10-23)20(25)22-17-5-6-18-19(13-17)27-14-26-18/h1-6,13H,7-12,14H2,(H,22,25). The Morgan fingerprint density at radius 2 is 1.74 bits per heavy atom. The average Bonchev–Trinajstić information content (AvgIpc) is 3.16. The summed E-state index contributed by atoms with van der Waals surface area (Å²) in [5.74, 6) is 1.14. The van der Waals surface area contributed by atoms with Crippen LogP contribution in [0.15, 0.2) is 42.5 Å². The van der Waals surface area contributed by atoms with Crippen molar-refractivity contribution >= 4 is 11.7 Å². The van der Waals surface area contributed by atoms with Crippen molar-refractivity contribution in [3.8, 4) is 11.5 Å². The van der Waals surface area contributed by atoms with Crippen LogP contribution in [0.2, 0.25) is 0 Å². The van der Waals surface area contributed by atoms with E-state index in [0.29, 0.717) is 30.3 Å². The number of halogens is 1. The molecule has 0 radical (unpaired) electrons. The largest absolute Gasteiger partial charge is 0.454 e. The number of nitrogens with one attached hydrogen (secondary N) is 1. The molecule has 2 aromatic carbocycles. The van der Waals surface area contributed by atoms with Crippen molar-refractivity contribution in [2.45, 2.75) is 6.42 Å². The Morgan fingerprint density at radius 1 is 1.00 bits per heavy atom. The van der Waals surface area contributed by atoms with E-state index in [0.717, 1.165) is 31.6 Å². The Kier molecular flexibility index (Phi) is 5.11. The van der Waals surface area contributed by atoms with Gasteiger partial charge in [-0.05, 0) is 36.2 Å². The van der Waals surface area contributed by atoms with Crippen molar-refractivity contribution in [2.24, 2.45) is 0 Å². The van der Waals surface area contributed by atoms with E-state index in [1.165, 1.54) is 12.1 Å². The van der Waals surface area contributed by atoms with E-state index in [1.807, 2.05) is 23.1 Å². The maximum atomic E-state index is 13.0. The molecule has 1 fully saturated rings. The van der Waals surface area contributed by atoms with E-state index in [9.17, 15) is 9.18 Å². The molecule has 2 heterocycles. The number of nitrogens with zero attached hydrogens (tertiary/aromatic N) is 2. The van der Waals surface area contributed by atoms with Crippen LogP contribution in [0, 0.1) is 5.82 Å². The maximum absolute atomic E-state index is 13.0. The molecular formula is C20H22FN3O3. The van der Waals surface area contributed by atoms with Crippen molar-refractivity contribution in [1.29, 1.82) is 0 Å². The Bertz CT molecular complexity index is 805. The minimum atomic E-state index is -0.208. The fraction of sp³-hybridized carbons (Fsp3) is 0.350. The number of benzene rings is 2. The molecule has 0 atom stereocenters. The summed E-state index contributed by atoms with van der Waals surface area (Å²) >= 11 is 0. The lowest BCUT2D eigenvalue weighted by atomic mass is 10.1. The Hall–Kier alpha value is -2.80. The van der Waals surface area contributed by atoms with Crippen LogP contribution in [0.1, 0.15) is 5.56 Å². The molecular weight excluding hydrogens is 349 g/mol. The number of hydrogen-bond acceptors (Lipinski definition) is 4. The fourth-order valence-electron chi connectivity index (χ4n) is 3.29. The van der Waals surface area contributed by atoms with Crippen molar-refractivity contribution in [3.05, 3.63) is 53.8 Å². The molecule has 1 saturated heterocycles. The molecule has 7 heteroatoms. The van der Waals surface area contributed by atoms with Crippen LogP contribution in [-0.4, -0.2) is 55.3 Å². The lowest BCUT2D eigenvalue weighted by Crippen LogP contribution is -2.50. The van der Waals surface area contributed by atoms with Gasteiger partial charge in [0.2, 0.25) is 6.79 Å². The van der Waals surface area contributed by atoms with E-state index < -0.39 is 0 Å². The number of hydrogen-bond donors (Lipinski definition) is 1. The van der Waals surface area contributed by atoms with Gasteiger partial charge in [0.1, 0.15) is 5.82 Å². The molecule has 0 spiro atoms. The molecule has 2 aliphatic rings. The molecule has 0 aromatic heterocycles. The first-order chi connectivity index (χ1) is 13.2. The predicted octanol–water partition coefficient (Wildman–Crippen LogP) is 2.95. The third-order valence-electron chi connectivity index (χ3n) is 4.91. The SMILES string of the molecule is O=C(Nc1ccc2c(c1)OCO2)N1CCN(CCc2ccc(F)cc2)CC1. The summed E-state index contributed by atoms with van der Waals surface area (Å²) in [6.45, 7) is 4.14. The van der Waals surface area contributed by atoms with Gasteiger partial charge in [-0.25, -0.2) is 9.18 Å². The van der Waals surface area contributed by atoms with Crippen molar-refractivity contribution in [3.63, 3.8) is 0 Å². The third kappa shape index (κ3) is 4.31. The normalized spacial score (nSPS) is 16.4. The van der Waals surface area contributed by atoms with Gasteiger partial charge in [0.15, 0.2) is 11.5 Å². The average molecular weight is 371 g/mol. The van der Waals surface area contributed by atoms with Crippen LogP contribution in [0.5, 0.6) is 11.5 Å². The Labute approximate surface area is 157 Å². The van der Waals surface area contributed by atoms with Gasteiger partial charge >= 0.3 is 6.03 Å². The number of carbonyl (C=O) groups excluding carboxylic acids is 1. The summed E-state index contributed by atoms with van der Waals surface area (Å²) in [7, 11) is 0. The van der Waals surface area contributed by atoms with Crippen molar-refractivity contribution in [1.82, 2.24) is 9.80 Å². The molecule has 2 aromatic rings. The molecule has 27 heavy (non-hydrogen) atoms. The van der Waals surface area contributed by atoms with Gasteiger partial charge in [-0.3, -0.25) is 4.90 Å². The van der Waals surface area contributed by atoms with E-state index in [-0.39, 0.29) is 18.6 Å². The van der Waals surface area contributed by atoms with Crippen LogP contribution in [0.4, 0.5) is 14.9 Å². The molecule has 0 saturated carbocycles. The predicted molar refractivity (Wildman–Crippen MR) is 99.7 cm³/mol. The number of carbonyl (C=O) groups is 1. The molecule has 2 aliphatic heterocycles. The van der Waals surface area contributed by atoms with E-state index in [1.54, 1.807) is 12.1 Å². The minimum absolute atomic E-state index is 0.105. The van der Waals surface area contributed by atoms with Gasteiger partial charge in [0.25, 0.3) is 0 Å². The van der Waals surface area contributed by atoms with Crippen molar-refractivity contribution < 1.29 is 18.7 Å². The molecule has 0 unspecified atom stereocenters. The van der Waals surface area contributed by atoms with E-state index in [2.05, 4.69) is 10.2 Å². The zero-order valence-corrected chi connectivity index (χ0v) is 15.0. The van der Waals surface area contributed by atoms with Gasteiger partial charge in [0, 0.05) is 44.5 Å². The second-order valence-corrected chi connectivity index (χ2v) is 6.70. The first-order valence-corrected chi connectivity index (χ1v) is 9.10. The molecule has 0 bridgehead atoms. The van der Waals surface area contributed by atoms with E-state index in [4.69, 9.17) is 9.47 Å². The Morgan fingerprint density at radius 3 is 2.52 bits per heavy atom. The molecule has 142 valence electrons. The second-order valence-electron chi connectivity index (χ2n) is 6.70. The highest BCUT2D eigenvalue weighted by molar-refractivity contribution is 5.89. The summed E-state index contributed by atoms with van der Waals surface area (Å²) < 4.78 is 23.6. The van der Waals surface area contributed by atoms with E-state index >= 15 is 0 Å². The summed E-state index contributed by atoms with van der Waals surface area (Å²) in [6.07, 6.45) is 0.879. The topological polar surface area (TPSA) is 54.0 Å². The lowest BCUT2D eigenvalue weighted by molar-refractivity contribution is 0.148. The zero-order valence-electron chi connectivity index (χ0n) is 15.0. The molecule has 6 nitrogen and oxygen atoms in total. The van der Waals surface area contributed by atoms with Gasteiger partial charge in [-0.2, -0.15) is 0 Å². The second kappa shape index (κ2) is 7.84. The Balaban J connectivity index is 1.23. The van der Waals surface area contributed by atoms with Crippen LogP contribution < -0.4 is 14.8 Å². The van der Waals surface area contributed by atoms with Gasteiger partial charge in [0.05, 0.1) is 0 Å². The smallest absolute Gasteiger partial charge is 0.321 e. The van der Waals surface area contributed by atoms with Crippen molar-refractivity contribution in [2.75, 3.05) is 44.8 Å². The van der Waals surface area contributed by atoms with Gasteiger partial charge in [-0.15, -0.1) is 0 Å². The summed E-state index contributed by atoms with van der Waals surface area (Å²) in [6, 6.07) is 11.9. The number of rotatable bonds is 4. The number of amides is 2. The molecule has 0 aliphatic carbocycles.